The van der Waals surface area contributed by atoms with Gasteiger partial charge in [0.05, 0.1) is 5.92 Å². The van der Waals surface area contributed by atoms with Crippen LogP contribution in [-0.2, 0) is 14.3 Å². The zero-order chi connectivity index (χ0) is 13.9. The van der Waals surface area contributed by atoms with Crippen molar-refractivity contribution in [1.82, 2.24) is 9.97 Å². The highest BCUT2D eigenvalue weighted by Crippen LogP contribution is 2.43. The second kappa shape index (κ2) is 5.40. The Kier molecular flexibility index (Phi) is 3.45. The molecule has 0 aliphatic heterocycles. The Labute approximate surface area is 116 Å². The summed E-state index contributed by atoms with van der Waals surface area (Å²) >= 11 is 0. The van der Waals surface area contributed by atoms with Crippen LogP contribution in [0.2, 0.25) is 0 Å². The van der Waals surface area contributed by atoms with Gasteiger partial charge in [-0.1, -0.05) is 12.2 Å². The van der Waals surface area contributed by atoms with Gasteiger partial charge in [0.1, 0.15) is 0 Å². The Hall–Kier alpha value is -2.24. The van der Waals surface area contributed by atoms with E-state index in [4.69, 9.17) is 4.74 Å². The second-order valence-corrected chi connectivity index (χ2v) is 5.12. The van der Waals surface area contributed by atoms with Crippen LogP contribution in [0.4, 0.5) is 5.95 Å². The average molecular weight is 273 g/mol. The van der Waals surface area contributed by atoms with Crippen LogP contribution < -0.4 is 5.32 Å². The van der Waals surface area contributed by atoms with E-state index in [2.05, 4.69) is 27.4 Å². The van der Waals surface area contributed by atoms with Crippen LogP contribution in [0.3, 0.4) is 0 Å². The van der Waals surface area contributed by atoms with Crippen LogP contribution in [0.25, 0.3) is 0 Å². The standard InChI is InChI=1S/C14H15N3O3/c18-12(17-14-15-4-1-5-16-14)8-20-13(19)11-7-9-2-3-10(11)6-9/h1-5,9-11H,6-8H2,(H,15,16,17,18). The van der Waals surface area contributed by atoms with E-state index >= 15 is 0 Å². The first kappa shape index (κ1) is 12.8. The normalized spacial score (nSPS) is 26.5. The summed E-state index contributed by atoms with van der Waals surface area (Å²) in [7, 11) is 0. The lowest BCUT2D eigenvalue weighted by Gasteiger charge is -2.16. The first-order valence-corrected chi connectivity index (χ1v) is 6.64. The number of allylic oxidation sites excluding steroid dienone is 2. The maximum Gasteiger partial charge on any atom is 0.310 e. The van der Waals surface area contributed by atoms with Crippen molar-refractivity contribution in [2.45, 2.75) is 12.8 Å². The smallest absolute Gasteiger partial charge is 0.310 e. The lowest BCUT2D eigenvalue weighted by Crippen LogP contribution is -2.27. The molecular weight excluding hydrogens is 258 g/mol. The van der Waals surface area contributed by atoms with Gasteiger partial charge in [-0.3, -0.25) is 14.9 Å². The number of carbonyl (C=O) groups excluding carboxylic acids is 2. The minimum atomic E-state index is -0.428. The van der Waals surface area contributed by atoms with Gasteiger partial charge in [0.2, 0.25) is 5.95 Å². The predicted octanol–water partition coefficient (Wildman–Crippen LogP) is 1.17. The third-order valence-electron chi connectivity index (χ3n) is 3.74. The van der Waals surface area contributed by atoms with Crippen molar-refractivity contribution in [2.24, 2.45) is 17.8 Å². The Morgan fingerprint density at radius 2 is 2.05 bits per heavy atom. The maximum absolute atomic E-state index is 11.9. The molecule has 6 heteroatoms. The quantitative estimate of drug-likeness (QED) is 0.658. The molecule has 2 bridgehead atoms. The largest absolute Gasteiger partial charge is 0.455 e. The van der Waals surface area contributed by atoms with E-state index in [1.807, 2.05) is 0 Å². The summed E-state index contributed by atoms with van der Waals surface area (Å²) in [5.41, 5.74) is 0. The lowest BCUT2D eigenvalue weighted by molar-refractivity contribution is -0.152. The van der Waals surface area contributed by atoms with E-state index in [-0.39, 0.29) is 30.4 Å². The van der Waals surface area contributed by atoms with Crippen LogP contribution in [0, 0.1) is 17.8 Å². The summed E-state index contributed by atoms with van der Waals surface area (Å²) in [5.74, 6) is 0.188. The fraction of sp³-hybridized carbons (Fsp3) is 0.429. The molecule has 0 saturated heterocycles. The number of aromatic nitrogens is 2. The molecule has 2 aliphatic carbocycles. The van der Waals surface area contributed by atoms with Crippen molar-refractivity contribution in [3.05, 3.63) is 30.6 Å². The molecule has 6 nitrogen and oxygen atoms in total. The number of rotatable bonds is 4. The number of anilines is 1. The third kappa shape index (κ3) is 2.68. The van der Waals surface area contributed by atoms with E-state index in [0.717, 1.165) is 12.8 Å². The van der Waals surface area contributed by atoms with Crippen molar-refractivity contribution >= 4 is 17.8 Å². The van der Waals surface area contributed by atoms with Gasteiger partial charge < -0.3 is 4.74 Å². The molecule has 1 saturated carbocycles. The van der Waals surface area contributed by atoms with Gasteiger partial charge in [-0.25, -0.2) is 9.97 Å². The summed E-state index contributed by atoms with van der Waals surface area (Å²) in [4.78, 5) is 31.3. The van der Waals surface area contributed by atoms with Gasteiger partial charge in [-0.15, -0.1) is 0 Å². The molecule has 3 atom stereocenters. The topological polar surface area (TPSA) is 81.2 Å². The van der Waals surface area contributed by atoms with Crippen molar-refractivity contribution in [3.63, 3.8) is 0 Å². The van der Waals surface area contributed by atoms with Crippen LogP contribution >= 0.6 is 0 Å². The number of nitrogens with zero attached hydrogens (tertiary/aromatic N) is 2. The molecule has 1 fully saturated rings. The first-order chi connectivity index (χ1) is 9.72. The lowest BCUT2D eigenvalue weighted by atomic mass is 9.94. The van der Waals surface area contributed by atoms with E-state index in [0.29, 0.717) is 5.92 Å². The molecule has 1 amide bonds. The van der Waals surface area contributed by atoms with Crippen LogP contribution in [0.1, 0.15) is 12.8 Å². The van der Waals surface area contributed by atoms with Crippen LogP contribution in [-0.4, -0.2) is 28.5 Å². The van der Waals surface area contributed by atoms with Gasteiger partial charge in [-0.2, -0.15) is 0 Å². The summed E-state index contributed by atoms with van der Waals surface area (Å²) in [6, 6.07) is 1.65. The van der Waals surface area contributed by atoms with Crippen molar-refractivity contribution in [3.8, 4) is 0 Å². The van der Waals surface area contributed by atoms with E-state index in [1.54, 1.807) is 6.07 Å². The fourth-order valence-corrected chi connectivity index (χ4v) is 2.82. The van der Waals surface area contributed by atoms with E-state index in [9.17, 15) is 9.59 Å². The molecule has 104 valence electrons. The number of ether oxygens (including phenoxy) is 1. The van der Waals surface area contributed by atoms with Gasteiger partial charge >= 0.3 is 5.97 Å². The molecular formula is C14H15N3O3. The summed E-state index contributed by atoms with van der Waals surface area (Å²) in [6.07, 6.45) is 9.16. The van der Waals surface area contributed by atoms with Crippen molar-refractivity contribution in [1.29, 1.82) is 0 Å². The van der Waals surface area contributed by atoms with Crippen LogP contribution in [0.5, 0.6) is 0 Å². The highest BCUT2D eigenvalue weighted by atomic mass is 16.5. The maximum atomic E-state index is 11.9. The minimum Gasteiger partial charge on any atom is -0.455 e. The van der Waals surface area contributed by atoms with Crippen molar-refractivity contribution in [2.75, 3.05) is 11.9 Å². The predicted molar refractivity (Wildman–Crippen MR) is 70.5 cm³/mol. The highest BCUT2D eigenvalue weighted by Gasteiger charge is 2.40. The number of amides is 1. The number of esters is 1. The summed E-state index contributed by atoms with van der Waals surface area (Å²) in [6.45, 7) is -0.297. The molecule has 1 aromatic rings. The fourth-order valence-electron chi connectivity index (χ4n) is 2.82. The SMILES string of the molecule is O=C(COC(=O)C1CC2C=CC1C2)Nc1ncccn1. The Morgan fingerprint density at radius 1 is 1.25 bits per heavy atom. The molecule has 3 unspecified atom stereocenters. The van der Waals surface area contributed by atoms with Crippen molar-refractivity contribution < 1.29 is 14.3 Å². The van der Waals surface area contributed by atoms with Gasteiger partial charge in [0, 0.05) is 12.4 Å². The summed E-state index contributed by atoms with van der Waals surface area (Å²) in [5, 5.41) is 2.47. The summed E-state index contributed by atoms with van der Waals surface area (Å²) < 4.78 is 5.07. The van der Waals surface area contributed by atoms with Crippen LogP contribution in [0.15, 0.2) is 30.6 Å². The highest BCUT2D eigenvalue weighted by molar-refractivity contribution is 5.91. The molecule has 0 spiro atoms. The number of carbonyl (C=O) groups is 2. The molecule has 0 aromatic carbocycles. The monoisotopic (exact) mass is 273 g/mol. The molecule has 1 N–H and O–H groups in total. The number of hydrogen-bond donors (Lipinski definition) is 1. The molecule has 0 radical (unpaired) electrons. The zero-order valence-corrected chi connectivity index (χ0v) is 10.9. The number of fused-ring (bicyclic) bond motifs is 2. The number of nitrogens with one attached hydrogen (secondary N) is 1. The zero-order valence-electron chi connectivity index (χ0n) is 10.9. The Balaban J connectivity index is 1.46. The minimum absolute atomic E-state index is 0.0919. The molecule has 3 rings (SSSR count). The molecule has 1 heterocycles. The molecule has 20 heavy (non-hydrogen) atoms. The van der Waals surface area contributed by atoms with Gasteiger partial charge in [-0.05, 0) is 30.7 Å². The Morgan fingerprint density at radius 3 is 2.70 bits per heavy atom. The third-order valence-corrected chi connectivity index (χ3v) is 3.74. The van der Waals surface area contributed by atoms with Gasteiger partial charge in [0.25, 0.3) is 5.91 Å². The molecule has 2 aliphatic rings. The average Bonchev–Trinajstić information content (AvgIpc) is 3.08. The molecule has 1 aromatic heterocycles. The Bertz CT molecular complexity index is 544. The second-order valence-electron chi connectivity index (χ2n) is 5.12. The van der Waals surface area contributed by atoms with E-state index < -0.39 is 5.91 Å². The van der Waals surface area contributed by atoms with E-state index in [1.165, 1.54) is 12.4 Å². The first-order valence-electron chi connectivity index (χ1n) is 6.64. The van der Waals surface area contributed by atoms with Gasteiger partial charge in [0.15, 0.2) is 6.61 Å². The number of hydrogen-bond acceptors (Lipinski definition) is 5.